The third kappa shape index (κ3) is 1.48. The Labute approximate surface area is 73.0 Å². The van der Waals surface area contributed by atoms with Gasteiger partial charge in [-0.25, -0.2) is 0 Å². The van der Waals surface area contributed by atoms with Crippen LogP contribution >= 0.6 is 0 Å². The van der Waals surface area contributed by atoms with E-state index in [-0.39, 0.29) is 0 Å². The van der Waals surface area contributed by atoms with E-state index in [0.29, 0.717) is 0 Å². The van der Waals surface area contributed by atoms with Gasteiger partial charge in [0.05, 0.1) is 0 Å². The van der Waals surface area contributed by atoms with Gasteiger partial charge in [-0.15, -0.1) is 0 Å². The van der Waals surface area contributed by atoms with Gasteiger partial charge in [-0.3, -0.25) is 4.98 Å². The highest BCUT2D eigenvalue weighted by Crippen LogP contribution is 2.46. The van der Waals surface area contributed by atoms with E-state index in [9.17, 15) is 0 Å². The van der Waals surface area contributed by atoms with Crippen LogP contribution in [0.1, 0.15) is 17.9 Å². The van der Waals surface area contributed by atoms with E-state index in [2.05, 4.69) is 16.4 Å². The monoisotopic (exact) mass is 162 g/mol. The van der Waals surface area contributed by atoms with Gasteiger partial charge in [0, 0.05) is 12.4 Å². The third-order valence-electron chi connectivity index (χ3n) is 2.50. The highest BCUT2D eigenvalue weighted by molar-refractivity contribution is 5.22. The number of pyridine rings is 1. The molecule has 2 atom stereocenters. The summed E-state index contributed by atoms with van der Waals surface area (Å²) < 4.78 is 0. The van der Waals surface area contributed by atoms with Crippen LogP contribution in [0.4, 0.5) is 0 Å². The lowest BCUT2D eigenvalue weighted by atomic mass is 10.1. The largest absolute Gasteiger partial charge is 0.319 e. The van der Waals surface area contributed by atoms with Crippen molar-refractivity contribution in [2.75, 3.05) is 13.6 Å². The predicted octanol–water partition coefficient (Wildman–Crippen LogP) is 1.40. The van der Waals surface area contributed by atoms with Crippen molar-refractivity contribution in [1.82, 2.24) is 10.3 Å². The van der Waals surface area contributed by atoms with Gasteiger partial charge >= 0.3 is 0 Å². The highest BCUT2D eigenvalue weighted by atomic mass is 14.8. The average molecular weight is 162 g/mol. The Kier molecular flexibility index (Phi) is 2.09. The van der Waals surface area contributed by atoms with E-state index in [4.69, 9.17) is 0 Å². The van der Waals surface area contributed by atoms with Crippen LogP contribution < -0.4 is 5.32 Å². The first kappa shape index (κ1) is 7.74. The van der Waals surface area contributed by atoms with E-state index in [1.165, 1.54) is 12.0 Å². The van der Waals surface area contributed by atoms with Crippen LogP contribution in [0, 0.1) is 5.92 Å². The topological polar surface area (TPSA) is 24.9 Å². The van der Waals surface area contributed by atoms with Crippen LogP contribution in [-0.2, 0) is 0 Å². The van der Waals surface area contributed by atoms with Gasteiger partial charge in [0.2, 0.25) is 0 Å². The van der Waals surface area contributed by atoms with Gasteiger partial charge in [0.25, 0.3) is 0 Å². The molecule has 2 heteroatoms. The first-order valence-corrected chi connectivity index (χ1v) is 4.46. The number of hydrogen-bond donors (Lipinski definition) is 1. The SMILES string of the molecule is CNC[C@H]1C[C@H]1c1cccnc1. The summed E-state index contributed by atoms with van der Waals surface area (Å²) in [5.74, 6) is 1.62. The fourth-order valence-electron chi connectivity index (χ4n) is 1.74. The molecule has 1 aromatic heterocycles. The van der Waals surface area contributed by atoms with Crippen LogP contribution in [0.5, 0.6) is 0 Å². The van der Waals surface area contributed by atoms with Gasteiger partial charge in [0.15, 0.2) is 0 Å². The lowest BCUT2D eigenvalue weighted by Crippen LogP contribution is -2.10. The Balaban J connectivity index is 1.97. The van der Waals surface area contributed by atoms with Crippen LogP contribution in [0.25, 0.3) is 0 Å². The van der Waals surface area contributed by atoms with Crippen LogP contribution in [0.3, 0.4) is 0 Å². The van der Waals surface area contributed by atoms with Crippen LogP contribution in [-0.4, -0.2) is 18.6 Å². The minimum absolute atomic E-state index is 0.770. The molecule has 1 heterocycles. The Hall–Kier alpha value is -0.890. The number of nitrogens with zero attached hydrogens (tertiary/aromatic N) is 1. The molecule has 64 valence electrons. The van der Waals surface area contributed by atoms with Gasteiger partial charge in [-0.05, 0) is 43.5 Å². The van der Waals surface area contributed by atoms with Crippen molar-refractivity contribution in [3.05, 3.63) is 30.1 Å². The maximum atomic E-state index is 4.12. The second-order valence-corrected chi connectivity index (χ2v) is 3.45. The molecule has 0 amide bonds. The second kappa shape index (κ2) is 3.23. The quantitative estimate of drug-likeness (QED) is 0.726. The first-order chi connectivity index (χ1) is 5.92. The van der Waals surface area contributed by atoms with Crippen LogP contribution in [0.15, 0.2) is 24.5 Å². The Morgan fingerprint density at radius 2 is 2.58 bits per heavy atom. The molecule has 1 saturated carbocycles. The molecule has 0 radical (unpaired) electrons. The third-order valence-corrected chi connectivity index (χ3v) is 2.50. The minimum Gasteiger partial charge on any atom is -0.319 e. The lowest BCUT2D eigenvalue weighted by Gasteiger charge is -1.98. The van der Waals surface area contributed by atoms with Crippen molar-refractivity contribution in [2.45, 2.75) is 12.3 Å². The highest BCUT2D eigenvalue weighted by Gasteiger charge is 2.37. The molecule has 12 heavy (non-hydrogen) atoms. The molecule has 0 bridgehead atoms. The molecule has 1 aliphatic carbocycles. The summed E-state index contributed by atoms with van der Waals surface area (Å²) in [6.45, 7) is 1.14. The number of rotatable bonds is 3. The molecule has 1 aliphatic rings. The van der Waals surface area contributed by atoms with E-state index >= 15 is 0 Å². The summed E-state index contributed by atoms with van der Waals surface area (Å²) >= 11 is 0. The number of aromatic nitrogens is 1. The maximum Gasteiger partial charge on any atom is 0.0302 e. The van der Waals surface area contributed by atoms with Crippen molar-refractivity contribution in [3.63, 3.8) is 0 Å². The summed E-state index contributed by atoms with van der Waals surface area (Å²) in [6, 6.07) is 4.19. The molecule has 0 spiro atoms. The van der Waals surface area contributed by atoms with Gasteiger partial charge in [0.1, 0.15) is 0 Å². The fraction of sp³-hybridized carbons (Fsp3) is 0.500. The lowest BCUT2D eigenvalue weighted by molar-refractivity contribution is 0.697. The molecule has 1 fully saturated rings. The summed E-state index contributed by atoms with van der Waals surface area (Å²) in [6.07, 6.45) is 5.14. The van der Waals surface area contributed by atoms with E-state index < -0.39 is 0 Å². The molecule has 0 unspecified atom stereocenters. The van der Waals surface area contributed by atoms with Crippen molar-refractivity contribution in [2.24, 2.45) is 5.92 Å². The van der Waals surface area contributed by atoms with Gasteiger partial charge < -0.3 is 5.32 Å². The molecule has 0 aliphatic heterocycles. The number of hydrogen-bond acceptors (Lipinski definition) is 2. The Bertz CT molecular complexity index is 245. The van der Waals surface area contributed by atoms with Crippen molar-refractivity contribution in [1.29, 1.82) is 0 Å². The molecular formula is C10H14N2. The molecule has 2 nitrogen and oxygen atoms in total. The summed E-state index contributed by atoms with van der Waals surface area (Å²) in [5, 5.41) is 3.21. The molecule has 1 aromatic rings. The molecule has 0 saturated heterocycles. The normalized spacial score (nSPS) is 27.1. The zero-order chi connectivity index (χ0) is 8.39. The standard InChI is InChI=1S/C10H14N2/c1-11-6-9-5-10(9)8-3-2-4-12-7-8/h2-4,7,9-11H,5-6H2,1H3/t9-,10+/m1/s1. The summed E-state index contributed by atoms with van der Waals surface area (Å²) in [7, 11) is 2.01. The van der Waals surface area contributed by atoms with E-state index in [1.54, 1.807) is 0 Å². The zero-order valence-corrected chi connectivity index (χ0v) is 7.33. The predicted molar refractivity (Wildman–Crippen MR) is 49.0 cm³/mol. The van der Waals surface area contributed by atoms with Crippen molar-refractivity contribution >= 4 is 0 Å². The summed E-state index contributed by atoms with van der Waals surface area (Å²) in [4.78, 5) is 4.12. The molecule has 2 rings (SSSR count). The molecular weight excluding hydrogens is 148 g/mol. The van der Waals surface area contributed by atoms with Gasteiger partial charge in [-0.2, -0.15) is 0 Å². The van der Waals surface area contributed by atoms with E-state index in [1.807, 2.05) is 25.5 Å². The smallest absolute Gasteiger partial charge is 0.0302 e. The van der Waals surface area contributed by atoms with Crippen molar-refractivity contribution < 1.29 is 0 Å². The Morgan fingerprint density at radius 3 is 3.25 bits per heavy atom. The molecule has 1 N–H and O–H groups in total. The fourth-order valence-corrected chi connectivity index (χ4v) is 1.74. The Morgan fingerprint density at radius 1 is 1.67 bits per heavy atom. The summed E-state index contributed by atoms with van der Waals surface area (Å²) in [5.41, 5.74) is 1.40. The minimum atomic E-state index is 0.770. The molecule has 0 aromatic carbocycles. The average Bonchev–Trinajstić information content (AvgIpc) is 2.87. The zero-order valence-electron chi connectivity index (χ0n) is 7.33. The second-order valence-electron chi connectivity index (χ2n) is 3.45. The van der Waals surface area contributed by atoms with Crippen LogP contribution in [0.2, 0.25) is 0 Å². The number of nitrogens with one attached hydrogen (secondary N) is 1. The van der Waals surface area contributed by atoms with Gasteiger partial charge in [-0.1, -0.05) is 6.07 Å². The van der Waals surface area contributed by atoms with Crippen molar-refractivity contribution in [3.8, 4) is 0 Å². The van der Waals surface area contributed by atoms with E-state index in [0.717, 1.165) is 18.4 Å². The first-order valence-electron chi connectivity index (χ1n) is 4.46. The maximum absolute atomic E-state index is 4.12.